The van der Waals surface area contributed by atoms with E-state index in [9.17, 15) is 18.0 Å². The number of alkyl halides is 3. The van der Waals surface area contributed by atoms with Crippen LogP contribution in [0, 0.1) is 0 Å². The number of aromatic nitrogens is 2. The van der Waals surface area contributed by atoms with Crippen LogP contribution < -0.4 is 0 Å². The van der Waals surface area contributed by atoms with Gasteiger partial charge in [-0.25, -0.2) is 4.79 Å². The Bertz CT molecular complexity index is 359. The molecule has 1 aromatic rings. The molecule has 0 saturated carbocycles. The third kappa shape index (κ3) is 2.48. The molecule has 15 heavy (non-hydrogen) atoms. The molecule has 0 spiro atoms. The average molecular weight is 222 g/mol. The summed E-state index contributed by atoms with van der Waals surface area (Å²) in [5, 5.41) is 11.9. The van der Waals surface area contributed by atoms with E-state index in [0.717, 1.165) is 16.9 Å². The lowest BCUT2D eigenvalue weighted by molar-refractivity contribution is -0.144. The second-order valence-electron chi connectivity index (χ2n) is 2.94. The van der Waals surface area contributed by atoms with Crippen molar-refractivity contribution in [3.63, 3.8) is 0 Å². The predicted octanol–water partition coefficient (Wildman–Crippen LogP) is 1.94. The fourth-order valence-corrected chi connectivity index (χ4v) is 1.14. The van der Waals surface area contributed by atoms with Gasteiger partial charge in [-0.05, 0) is 12.5 Å². The summed E-state index contributed by atoms with van der Waals surface area (Å²) in [6.45, 7) is 1.56. The maximum atomic E-state index is 12.1. The Kier molecular flexibility index (Phi) is 3.01. The minimum atomic E-state index is -4.54. The average Bonchev–Trinajstić information content (AvgIpc) is 2.52. The van der Waals surface area contributed by atoms with Gasteiger partial charge in [0.1, 0.15) is 6.04 Å². The van der Waals surface area contributed by atoms with Crippen molar-refractivity contribution in [3.05, 3.63) is 18.0 Å². The zero-order chi connectivity index (χ0) is 11.6. The summed E-state index contributed by atoms with van der Waals surface area (Å²) in [7, 11) is 0. The molecule has 1 heterocycles. The quantitative estimate of drug-likeness (QED) is 0.850. The number of halogens is 3. The Morgan fingerprint density at radius 1 is 1.67 bits per heavy atom. The highest BCUT2D eigenvalue weighted by atomic mass is 19.4. The van der Waals surface area contributed by atoms with Crippen molar-refractivity contribution in [2.45, 2.75) is 25.6 Å². The molecule has 0 radical (unpaired) electrons. The standard InChI is InChI=1S/C8H9F3N2O2/c1-2-5(7(14)15)13-4-3-6(12-13)8(9,10)11/h3-5H,2H2,1H3,(H,14,15)/t5-/m1/s1. The Labute approximate surface area is 83.3 Å². The van der Waals surface area contributed by atoms with E-state index in [-0.39, 0.29) is 6.42 Å². The van der Waals surface area contributed by atoms with Crippen LogP contribution in [-0.4, -0.2) is 20.9 Å². The Morgan fingerprint density at radius 3 is 2.60 bits per heavy atom. The van der Waals surface area contributed by atoms with Crippen molar-refractivity contribution in [2.24, 2.45) is 0 Å². The lowest BCUT2D eigenvalue weighted by Gasteiger charge is -2.09. The number of nitrogens with zero attached hydrogens (tertiary/aromatic N) is 2. The molecule has 1 atom stereocenters. The first-order chi connectivity index (χ1) is 6.86. The van der Waals surface area contributed by atoms with E-state index in [1.54, 1.807) is 6.92 Å². The molecule has 0 bridgehead atoms. The SMILES string of the molecule is CC[C@H](C(=O)O)n1ccc(C(F)(F)F)n1. The summed E-state index contributed by atoms with van der Waals surface area (Å²) < 4.78 is 37.2. The molecule has 0 aliphatic carbocycles. The zero-order valence-corrected chi connectivity index (χ0v) is 7.82. The van der Waals surface area contributed by atoms with Gasteiger partial charge in [0.05, 0.1) is 0 Å². The number of carboxylic acids is 1. The van der Waals surface area contributed by atoms with Gasteiger partial charge < -0.3 is 5.11 Å². The molecule has 84 valence electrons. The molecule has 1 N–H and O–H groups in total. The van der Waals surface area contributed by atoms with Gasteiger partial charge in [0.2, 0.25) is 0 Å². The fourth-order valence-electron chi connectivity index (χ4n) is 1.14. The molecule has 1 aromatic heterocycles. The molecule has 0 aliphatic heterocycles. The van der Waals surface area contributed by atoms with Gasteiger partial charge in [-0.1, -0.05) is 6.92 Å². The summed E-state index contributed by atoms with van der Waals surface area (Å²) in [4.78, 5) is 10.6. The number of carboxylic acid groups (broad SMARTS) is 1. The zero-order valence-electron chi connectivity index (χ0n) is 7.82. The van der Waals surface area contributed by atoms with Crippen molar-refractivity contribution < 1.29 is 23.1 Å². The van der Waals surface area contributed by atoms with Crippen LogP contribution in [0.3, 0.4) is 0 Å². The van der Waals surface area contributed by atoms with Gasteiger partial charge in [0.15, 0.2) is 5.69 Å². The predicted molar refractivity (Wildman–Crippen MR) is 44.2 cm³/mol. The maximum absolute atomic E-state index is 12.1. The summed E-state index contributed by atoms with van der Waals surface area (Å²) in [5.74, 6) is -1.20. The molecule has 4 nitrogen and oxygen atoms in total. The molecule has 0 saturated heterocycles. The molecule has 0 aromatic carbocycles. The second-order valence-corrected chi connectivity index (χ2v) is 2.94. The Balaban J connectivity index is 2.97. The number of rotatable bonds is 3. The van der Waals surface area contributed by atoms with Crippen LogP contribution in [0.15, 0.2) is 12.3 Å². The molecule has 0 fully saturated rings. The van der Waals surface area contributed by atoms with Gasteiger partial charge in [-0.3, -0.25) is 4.68 Å². The van der Waals surface area contributed by atoms with Crippen LogP contribution in [0.25, 0.3) is 0 Å². The van der Waals surface area contributed by atoms with E-state index >= 15 is 0 Å². The number of aliphatic carboxylic acids is 1. The maximum Gasteiger partial charge on any atom is 0.435 e. The van der Waals surface area contributed by atoms with Crippen LogP contribution in [0.4, 0.5) is 13.2 Å². The summed E-state index contributed by atoms with van der Waals surface area (Å²) in [5.41, 5.74) is -1.08. The summed E-state index contributed by atoms with van der Waals surface area (Å²) >= 11 is 0. The van der Waals surface area contributed by atoms with Gasteiger partial charge in [0.25, 0.3) is 0 Å². The third-order valence-corrected chi connectivity index (χ3v) is 1.89. The van der Waals surface area contributed by atoms with Crippen LogP contribution >= 0.6 is 0 Å². The van der Waals surface area contributed by atoms with Gasteiger partial charge >= 0.3 is 12.1 Å². The van der Waals surface area contributed by atoms with E-state index in [0.29, 0.717) is 0 Å². The Hall–Kier alpha value is -1.53. The molecular weight excluding hydrogens is 213 g/mol. The lowest BCUT2D eigenvalue weighted by Crippen LogP contribution is -2.19. The van der Waals surface area contributed by atoms with Crippen LogP contribution in [-0.2, 0) is 11.0 Å². The highest BCUT2D eigenvalue weighted by Crippen LogP contribution is 2.28. The van der Waals surface area contributed by atoms with Gasteiger partial charge in [-0.15, -0.1) is 0 Å². The minimum Gasteiger partial charge on any atom is -0.480 e. The fraction of sp³-hybridized carbons (Fsp3) is 0.500. The molecule has 0 aliphatic rings. The normalized spacial score (nSPS) is 13.9. The molecular formula is C8H9F3N2O2. The van der Waals surface area contributed by atoms with Crippen molar-refractivity contribution in [1.29, 1.82) is 0 Å². The first-order valence-electron chi connectivity index (χ1n) is 4.21. The van der Waals surface area contributed by atoms with Crippen LogP contribution in [0.1, 0.15) is 25.1 Å². The first-order valence-corrected chi connectivity index (χ1v) is 4.21. The molecule has 0 unspecified atom stereocenters. The second kappa shape index (κ2) is 3.92. The largest absolute Gasteiger partial charge is 0.480 e. The van der Waals surface area contributed by atoms with E-state index in [1.807, 2.05) is 0 Å². The molecule has 7 heteroatoms. The summed E-state index contributed by atoms with van der Waals surface area (Å²) in [6.07, 6.45) is -3.35. The van der Waals surface area contributed by atoms with E-state index in [4.69, 9.17) is 5.11 Å². The summed E-state index contributed by atoms with van der Waals surface area (Å²) in [6, 6.07) is -0.299. The number of hydrogen-bond acceptors (Lipinski definition) is 2. The highest BCUT2D eigenvalue weighted by molar-refractivity contribution is 5.71. The monoisotopic (exact) mass is 222 g/mol. The van der Waals surface area contributed by atoms with Crippen molar-refractivity contribution in [3.8, 4) is 0 Å². The van der Waals surface area contributed by atoms with E-state index in [2.05, 4.69) is 5.10 Å². The number of carbonyl (C=O) groups is 1. The minimum absolute atomic E-state index is 0.175. The van der Waals surface area contributed by atoms with Crippen LogP contribution in [0.5, 0.6) is 0 Å². The van der Waals surface area contributed by atoms with Crippen molar-refractivity contribution in [1.82, 2.24) is 9.78 Å². The van der Waals surface area contributed by atoms with Crippen molar-refractivity contribution in [2.75, 3.05) is 0 Å². The van der Waals surface area contributed by atoms with E-state index < -0.39 is 23.9 Å². The molecule has 1 rings (SSSR count). The third-order valence-electron chi connectivity index (χ3n) is 1.89. The van der Waals surface area contributed by atoms with Gasteiger partial charge in [-0.2, -0.15) is 18.3 Å². The Morgan fingerprint density at radius 2 is 2.27 bits per heavy atom. The van der Waals surface area contributed by atoms with E-state index in [1.165, 1.54) is 0 Å². The lowest BCUT2D eigenvalue weighted by atomic mass is 10.2. The molecule has 0 amide bonds. The smallest absolute Gasteiger partial charge is 0.435 e. The van der Waals surface area contributed by atoms with Crippen LogP contribution in [0.2, 0.25) is 0 Å². The first kappa shape index (κ1) is 11.5. The van der Waals surface area contributed by atoms with Crippen molar-refractivity contribution >= 4 is 5.97 Å². The van der Waals surface area contributed by atoms with Gasteiger partial charge in [0, 0.05) is 6.20 Å². The number of hydrogen-bond donors (Lipinski definition) is 1. The topological polar surface area (TPSA) is 55.1 Å². The highest BCUT2D eigenvalue weighted by Gasteiger charge is 2.34.